The maximum Gasteiger partial charge on any atom is 0.139 e. The molecule has 0 aromatic heterocycles. The lowest BCUT2D eigenvalue weighted by atomic mass is 10.2. The van der Waals surface area contributed by atoms with Crippen LogP contribution < -0.4 is 0 Å². The quantitative estimate of drug-likeness (QED) is 0.685. The van der Waals surface area contributed by atoms with Gasteiger partial charge in [-0.3, -0.25) is 0 Å². The van der Waals surface area contributed by atoms with Gasteiger partial charge in [0.15, 0.2) is 0 Å². The molecule has 0 saturated carbocycles. The van der Waals surface area contributed by atoms with Crippen LogP contribution in [0.5, 0.6) is 0 Å². The summed E-state index contributed by atoms with van der Waals surface area (Å²) in [5, 5.41) is -0.235. The maximum absolute atomic E-state index is 5.86. The lowest BCUT2D eigenvalue weighted by Crippen LogP contribution is -2.00. The first kappa shape index (κ1) is 12.8. The van der Waals surface area contributed by atoms with Crippen molar-refractivity contribution in [1.82, 2.24) is 0 Å². The van der Waals surface area contributed by atoms with Crippen molar-refractivity contribution >= 4 is 31.9 Å². The normalized spacial score (nSPS) is 14.2. The van der Waals surface area contributed by atoms with E-state index in [-0.39, 0.29) is 10.0 Å². The topological polar surface area (TPSA) is 9.23 Å². The third kappa shape index (κ3) is 3.66. The van der Waals surface area contributed by atoms with Gasteiger partial charge in [-0.05, 0) is 11.1 Å². The Morgan fingerprint density at radius 1 is 0.647 bits per heavy atom. The van der Waals surface area contributed by atoms with Crippen LogP contribution in [0, 0.1) is 0 Å². The minimum atomic E-state index is -0.117. The van der Waals surface area contributed by atoms with Gasteiger partial charge < -0.3 is 4.74 Å². The molecule has 0 amide bonds. The smallest absolute Gasteiger partial charge is 0.139 e. The molecule has 2 unspecified atom stereocenters. The van der Waals surface area contributed by atoms with E-state index in [1.807, 2.05) is 60.7 Å². The zero-order valence-corrected chi connectivity index (χ0v) is 12.3. The van der Waals surface area contributed by atoms with Crippen LogP contribution in [-0.4, -0.2) is 0 Å². The first-order valence-corrected chi connectivity index (χ1v) is 7.14. The molecule has 1 nitrogen and oxygen atoms in total. The summed E-state index contributed by atoms with van der Waals surface area (Å²) in [5.41, 5.74) is 2.21. The van der Waals surface area contributed by atoms with Gasteiger partial charge >= 0.3 is 0 Å². The molecule has 3 heteroatoms. The van der Waals surface area contributed by atoms with Gasteiger partial charge in [0.25, 0.3) is 0 Å². The molecule has 0 aliphatic heterocycles. The predicted octanol–water partition coefficient (Wildman–Crippen LogP) is 5.19. The van der Waals surface area contributed by atoms with Gasteiger partial charge in [-0.15, -0.1) is 0 Å². The Kier molecular flexibility index (Phi) is 4.77. The summed E-state index contributed by atoms with van der Waals surface area (Å²) in [4.78, 5) is 0. The number of rotatable bonds is 4. The Bertz CT molecular complexity index is 401. The van der Waals surface area contributed by atoms with Gasteiger partial charge in [-0.25, -0.2) is 0 Å². The van der Waals surface area contributed by atoms with Crippen molar-refractivity contribution in [2.24, 2.45) is 0 Å². The molecule has 2 rings (SSSR count). The van der Waals surface area contributed by atoms with E-state index in [2.05, 4.69) is 31.9 Å². The highest BCUT2D eigenvalue weighted by Gasteiger charge is 2.14. The fraction of sp³-hybridized carbons (Fsp3) is 0.143. The molecule has 0 spiro atoms. The van der Waals surface area contributed by atoms with Crippen LogP contribution in [0.15, 0.2) is 60.7 Å². The molecule has 0 bridgehead atoms. The summed E-state index contributed by atoms with van der Waals surface area (Å²) in [6, 6.07) is 20.1. The summed E-state index contributed by atoms with van der Waals surface area (Å²) in [6.45, 7) is 0. The van der Waals surface area contributed by atoms with E-state index in [4.69, 9.17) is 4.74 Å². The summed E-state index contributed by atoms with van der Waals surface area (Å²) < 4.78 is 5.86. The second-order valence-corrected chi connectivity index (χ2v) is 5.25. The standard InChI is InChI=1S/C14H12Br2O/c15-13(11-7-3-1-4-8-11)17-14(16)12-9-5-2-6-10-12/h1-10,13-14H. The van der Waals surface area contributed by atoms with Crippen molar-refractivity contribution in [3.8, 4) is 0 Å². The molecule has 2 atom stereocenters. The zero-order valence-electron chi connectivity index (χ0n) is 9.09. The molecule has 0 saturated heterocycles. The van der Waals surface area contributed by atoms with Crippen molar-refractivity contribution in [1.29, 1.82) is 0 Å². The number of alkyl halides is 2. The van der Waals surface area contributed by atoms with Crippen LogP contribution in [0.1, 0.15) is 21.2 Å². The van der Waals surface area contributed by atoms with Crippen LogP contribution in [0.25, 0.3) is 0 Å². The highest BCUT2D eigenvalue weighted by atomic mass is 79.9. The predicted molar refractivity (Wildman–Crippen MR) is 77.3 cm³/mol. The Hall–Kier alpha value is -0.640. The van der Waals surface area contributed by atoms with Crippen LogP contribution in [0.2, 0.25) is 0 Å². The van der Waals surface area contributed by atoms with Crippen molar-refractivity contribution in [3.63, 3.8) is 0 Å². The third-order valence-corrected chi connectivity index (χ3v) is 3.85. The average molecular weight is 356 g/mol. The largest absolute Gasteiger partial charge is 0.343 e. The monoisotopic (exact) mass is 354 g/mol. The first-order valence-electron chi connectivity index (χ1n) is 5.31. The fourth-order valence-electron chi connectivity index (χ4n) is 1.47. The Labute approximate surface area is 118 Å². The highest BCUT2D eigenvalue weighted by molar-refractivity contribution is 9.09. The van der Waals surface area contributed by atoms with E-state index in [0.717, 1.165) is 11.1 Å². The van der Waals surface area contributed by atoms with Gasteiger partial charge in [-0.2, -0.15) is 0 Å². The Balaban J connectivity index is 2.02. The molecule has 0 radical (unpaired) electrons. The molecule has 0 fully saturated rings. The molecule has 0 heterocycles. The van der Waals surface area contributed by atoms with Crippen molar-refractivity contribution in [2.45, 2.75) is 10.0 Å². The van der Waals surface area contributed by atoms with Crippen molar-refractivity contribution in [2.75, 3.05) is 0 Å². The second-order valence-electron chi connectivity index (χ2n) is 3.59. The van der Waals surface area contributed by atoms with Gasteiger partial charge in [-0.1, -0.05) is 92.5 Å². The van der Waals surface area contributed by atoms with Gasteiger partial charge in [0, 0.05) is 0 Å². The number of hydrogen-bond acceptors (Lipinski definition) is 1. The van der Waals surface area contributed by atoms with E-state index in [1.54, 1.807) is 0 Å². The summed E-state index contributed by atoms with van der Waals surface area (Å²) in [7, 11) is 0. The molecule has 0 aliphatic carbocycles. The summed E-state index contributed by atoms with van der Waals surface area (Å²) in [6.07, 6.45) is 0. The van der Waals surface area contributed by atoms with Crippen molar-refractivity contribution < 1.29 is 4.74 Å². The summed E-state index contributed by atoms with van der Waals surface area (Å²) >= 11 is 7.06. The molecule has 0 N–H and O–H groups in total. The molecular formula is C14H12Br2O. The van der Waals surface area contributed by atoms with Crippen LogP contribution >= 0.6 is 31.9 Å². The number of ether oxygens (including phenoxy) is 1. The molecule has 2 aromatic carbocycles. The number of halogens is 2. The highest BCUT2D eigenvalue weighted by Crippen LogP contribution is 2.34. The fourth-order valence-corrected chi connectivity index (χ4v) is 2.80. The van der Waals surface area contributed by atoms with E-state index in [9.17, 15) is 0 Å². The third-order valence-electron chi connectivity index (χ3n) is 2.36. The SMILES string of the molecule is BrC(OC(Br)c1ccccc1)c1ccccc1. The van der Waals surface area contributed by atoms with Gasteiger partial charge in [0.05, 0.1) is 0 Å². The lowest BCUT2D eigenvalue weighted by Gasteiger charge is -2.17. The van der Waals surface area contributed by atoms with E-state index < -0.39 is 0 Å². The second kappa shape index (κ2) is 6.34. The first-order chi connectivity index (χ1) is 8.27. The number of hydrogen-bond donors (Lipinski definition) is 0. The average Bonchev–Trinajstić information content (AvgIpc) is 2.40. The van der Waals surface area contributed by atoms with Gasteiger partial charge in [0.1, 0.15) is 10.0 Å². The minimum absolute atomic E-state index is 0.117. The van der Waals surface area contributed by atoms with E-state index in [1.165, 1.54) is 0 Å². The molecule has 0 aliphatic rings. The maximum atomic E-state index is 5.86. The van der Waals surface area contributed by atoms with E-state index in [0.29, 0.717) is 0 Å². The van der Waals surface area contributed by atoms with Crippen molar-refractivity contribution in [3.05, 3.63) is 71.8 Å². The molecule has 17 heavy (non-hydrogen) atoms. The van der Waals surface area contributed by atoms with Crippen LogP contribution in [-0.2, 0) is 4.74 Å². The van der Waals surface area contributed by atoms with Crippen LogP contribution in [0.3, 0.4) is 0 Å². The van der Waals surface area contributed by atoms with E-state index >= 15 is 0 Å². The zero-order chi connectivity index (χ0) is 12.1. The molecular weight excluding hydrogens is 344 g/mol. The Morgan fingerprint density at radius 2 is 1.00 bits per heavy atom. The minimum Gasteiger partial charge on any atom is -0.343 e. The molecule has 88 valence electrons. The number of benzene rings is 2. The summed E-state index contributed by atoms with van der Waals surface area (Å²) in [5.74, 6) is 0. The molecule has 2 aromatic rings. The van der Waals surface area contributed by atoms with Gasteiger partial charge in [0.2, 0.25) is 0 Å². The van der Waals surface area contributed by atoms with Crippen LogP contribution in [0.4, 0.5) is 0 Å². The lowest BCUT2D eigenvalue weighted by molar-refractivity contribution is 0.101. The Morgan fingerprint density at radius 3 is 1.35 bits per heavy atom.